The van der Waals surface area contributed by atoms with Crippen molar-refractivity contribution in [3.05, 3.63) is 67.4 Å². The number of benzene rings is 1. The van der Waals surface area contributed by atoms with Gasteiger partial charge in [0.1, 0.15) is 16.1 Å². The van der Waals surface area contributed by atoms with E-state index in [1.165, 1.54) is 12.1 Å². The fourth-order valence-electron chi connectivity index (χ4n) is 2.68. The third-order valence-electron chi connectivity index (χ3n) is 3.88. The normalized spacial score (nSPS) is 11.0. The van der Waals surface area contributed by atoms with Gasteiger partial charge in [-0.15, -0.1) is 0 Å². The van der Waals surface area contributed by atoms with Crippen LogP contribution in [-0.2, 0) is 6.54 Å². The zero-order valence-electron chi connectivity index (χ0n) is 14.3. The van der Waals surface area contributed by atoms with E-state index in [1.54, 1.807) is 23.1 Å². The first kappa shape index (κ1) is 19.6. The quantitative estimate of drug-likeness (QED) is 0.617. The molecular formula is C18H15Cl3N4O2. The summed E-state index contributed by atoms with van der Waals surface area (Å²) in [6.07, 6.45) is 0.716. The molecular weight excluding hydrogens is 411 g/mol. The van der Waals surface area contributed by atoms with Crippen molar-refractivity contribution in [2.24, 2.45) is 0 Å². The van der Waals surface area contributed by atoms with E-state index in [2.05, 4.69) is 15.0 Å². The van der Waals surface area contributed by atoms with E-state index in [0.717, 1.165) is 0 Å². The smallest absolute Gasteiger partial charge is 0.258 e. The van der Waals surface area contributed by atoms with Crippen LogP contribution in [-0.4, -0.2) is 32.3 Å². The van der Waals surface area contributed by atoms with E-state index >= 15 is 0 Å². The molecule has 6 nitrogen and oxygen atoms in total. The summed E-state index contributed by atoms with van der Waals surface area (Å²) in [5.74, 6) is 0.0365. The summed E-state index contributed by atoms with van der Waals surface area (Å²) in [6.45, 7) is 2.51. The highest BCUT2D eigenvalue weighted by molar-refractivity contribution is 6.34. The minimum absolute atomic E-state index is 0.0281. The summed E-state index contributed by atoms with van der Waals surface area (Å²) in [5, 5.41) is 1.14. The molecule has 1 amide bonds. The Morgan fingerprint density at radius 3 is 2.63 bits per heavy atom. The van der Waals surface area contributed by atoms with E-state index in [-0.39, 0.29) is 33.9 Å². The van der Waals surface area contributed by atoms with Crippen LogP contribution in [0.1, 0.15) is 29.5 Å². The number of nitrogens with zero attached hydrogens (tertiary/aromatic N) is 3. The van der Waals surface area contributed by atoms with Crippen LogP contribution in [0, 0.1) is 0 Å². The van der Waals surface area contributed by atoms with E-state index in [9.17, 15) is 9.59 Å². The van der Waals surface area contributed by atoms with Crippen LogP contribution in [0.25, 0.3) is 10.9 Å². The van der Waals surface area contributed by atoms with Gasteiger partial charge in [0.15, 0.2) is 0 Å². The second kappa shape index (κ2) is 8.25. The average Bonchev–Trinajstić information content (AvgIpc) is 2.60. The van der Waals surface area contributed by atoms with E-state index in [4.69, 9.17) is 34.8 Å². The predicted octanol–water partition coefficient (Wildman–Crippen LogP) is 4.33. The number of aromatic nitrogens is 3. The fraction of sp³-hybridized carbons (Fsp3) is 0.222. The van der Waals surface area contributed by atoms with E-state index in [0.29, 0.717) is 34.7 Å². The van der Waals surface area contributed by atoms with Gasteiger partial charge in [-0.3, -0.25) is 9.59 Å². The van der Waals surface area contributed by atoms with Gasteiger partial charge in [0.2, 0.25) is 0 Å². The molecule has 9 heteroatoms. The Morgan fingerprint density at radius 2 is 1.93 bits per heavy atom. The van der Waals surface area contributed by atoms with Crippen molar-refractivity contribution < 1.29 is 4.79 Å². The number of carbonyl (C=O) groups excluding carboxylic acids is 1. The number of hydrogen-bond acceptors (Lipinski definition) is 4. The Balaban J connectivity index is 1.95. The van der Waals surface area contributed by atoms with Crippen LogP contribution >= 0.6 is 34.8 Å². The van der Waals surface area contributed by atoms with Crippen LogP contribution in [0.5, 0.6) is 0 Å². The zero-order chi connectivity index (χ0) is 19.6. The summed E-state index contributed by atoms with van der Waals surface area (Å²) in [5.41, 5.74) is 0.416. The molecule has 1 N–H and O–H groups in total. The maximum atomic E-state index is 12.9. The van der Waals surface area contributed by atoms with Gasteiger partial charge < -0.3 is 9.88 Å². The summed E-state index contributed by atoms with van der Waals surface area (Å²) in [6, 6.07) is 7.88. The van der Waals surface area contributed by atoms with Gasteiger partial charge >= 0.3 is 0 Å². The molecule has 0 aliphatic rings. The van der Waals surface area contributed by atoms with Gasteiger partial charge in [-0.1, -0.05) is 41.7 Å². The van der Waals surface area contributed by atoms with Crippen molar-refractivity contribution in [1.82, 2.24) is 19.9 Å². The van der Waals surface area contributed by atoms with Gasteiger partial charge in [-0.05, 0) is 36.8 Å². The van der Waals surface area contributed by atoms with Crippen LogP contribution < -0.4 is 5.56 Å². The van der Waals surface area contributed by atoms with Gasteiger partial charge in [-0.25, -0.2) is 9.97 Å². The lowest BCUT2D eigenvalue weighted by Crippen LogP contribution is -2.33. The largest absolute Gasteiger partial charge is 0.331 e. The van der Waals surface area contributed by atoms with Crippen molar-refractivity contribution in [1.29, 1.82) is 0 Å². The standard InChI is InChI=1S/C18H15Cl3N4O2/c1-2-7-25(18(27)12-5-6-14(20)23-16(12)21)9-15-22-13-8-10(19)3-4-11(13)17(26)24-15/h3-6,8H,2,7,9H2,1H3,(H,22,24,26). The molecule has 0 radical (unpaired) electrons. The molecule has 140 valence electrons. The molecule has 1 aromatic carbocycles. The second-order valence-corrected chi connectivity index (χ2v) is 7.05. The van der Waals surface area contributed by atoms with Crippen LogP contribution in [0.2, 0.25) is 15.3 Å². The number of H-pyrrole nitrogens is 1. The molecule has 0 fully saturated rings. The maximum Gasteiger partial charge on any atom is 0.258 e. The summed E-state index contributed by atoms with van der Waals surface area (Å²) < 4.78 is 0. The first-order valence-corrected chi connectivity index (χ1v) is 9.32. The SMILES string of the molecule is CCCN(Cc1nc2cc(Cl)ccc2c(=O)[nH]1)C(=O)c1ccc(Cl)nc1Cl. The predicted molar refractivity (Wildman–Crippen MR) is 107 cm³/mol. The van der Waals surface area contributed by atoms with Crippen LogP contribution in [0.3, 0.4) is 0 Å². The number of fused-ring (bicyclic) bond motifs is 1. The minimum Gasteiger partial charge on any atom is -0.331 e. The first-order chi connectivity index (χ1) is 12.9. The topological polar surface area (TPSA) is 79.0 Å². The lowest BCUT2D eigenvalue weighted by molar-refractivity contribution is 0.0738. The molecule has 2 heterocycles. The third-order valence-corrected chi connectivity index (χ3v) is 4.62. The van der Waals surface area contributed by atoms with Crippen LogP contribution in [0.4, 0.5) is 0 Å². The van der Waals surface area contributed by atoms with Crippen molar-refractivity contribution in [2.75, 3.05) is 6.54 Å². The Bertz CT molecular complexity index is 1070. The van der Waals surface area contributed by atoms with E-state index in [1.807, 2.05) is 6.92 Å². The second-order valence-electron chi connectivity index (χ2n) is 5.87. The Hall–Kier alpha value is -2.15. The minimum atomic E-state index is -0.320. The van der Waals surface area contributed by atoms with Crippen molar-refractivity contribution >= 4 is 51.6 Å². The molecule has 0 atom stereocenters. The number of aromatic amines is 1. The highest BCUT2D eigenvalue weighted by Gasteiger charge is 2.20. The van der Waals surface area contributed by atoms with E-state index < -0.39 is 0 Å². The number of rotatable bonds is 5. The molecule has 3 aromatic rings. The summed E-state index contributed by atoms with van der Waals surface area (Å²) in [4.78, 5) is 37.8. The highest BCUT2D eigenvalue weighted by atomic mass is 35.5. The molecule has 0 unspecified atom stereocenters. The van der Waals surface area contributed by atoms with Crippen molar-refractivity contribution in [3.8, 4) is 0 Å². The molecule has 3 rings (SSSR count). The zero-order valence-corrected chi connectivity index (χ0v) is 16.6. The number of pyridine rings is 1. The third kappa shape index (κ3) is 4.40. The fourth-order valence-corrected chi connectivity index (χ4v) is 3.27. The summed E-state index contributed by atoms with van der Waals surface area (Å²) >= 11 is 17.8. The van der Waals surface area contributed by atoms with Gasteiger partial charge in [0, 0.05) is 11.6 Å². The number of halogens is 3. The lowest BCUT2D eigenvalue weighted by atomic mass is 10.2. The maximum absolute atomic E-state index is 12.9. The van der Waals surface area contributed by atoms with Crippen LogP contribution in [0.15, 0.2) is 35.1 Å². The number of amides is 1. The first-order valence-electron chi connectivity index (χ1n) is 8.19. The Kier molecular flexibility index (Phi) is 5.99. The molecule has 0 bridgehead atoms. The monoisotopic (exact) mass is 424 g/mol. The Labute approximate surface area is 170 Å². The van der Waals surface area contributed by atoms with Crippen molar-refractivity contribution in [2.45, 2.75) is 19.9 Å². The molecule has 2 aromatic heterocycles. The molecule has 0 aliphatic carbocycles. The average molecular weight is 426 g/mol. The number of nitrogens with one attached hydrogen (secondary N) is 1. The number of carbonyl (C=O) groups is 1. The lowest BCUT2D eigenvalue weighted by Gasteiger charge is -2.22. The molecule has 0 saturated heterocycles. The summed E-state index contributed by atoms with van der Waals surface area (Å²) in [7, 11) is 0. The Morgan fingerprint density at radius 1 is 1.15 bits per heavy atom. The molecule has 0 aliphatic heterocycles. The molecule has 0 saturated carbocycles. The van der Waals surface area contributed by atoms with Gasteiger partial charge in [0.05, 0.1) is 23.0 Å². The highest BCUT2D eigenvalue weighted by Crippen LogP contribution is 2.20. The number of hydrogen-bond donors (Lipinski definition) is 1. The van der Waals surface area contributed by atoms with Gasteiger partial charge in [0.25, 0.3) is 11.5 Å². The molecule has 27 heavy (non-hydrogen) atoms. The van der Waals surface area contributed by atoms with Gasteiger partial charge in [-0.2, -0.15) is 0 Å². The van der Waals surface area contributed by atoms with Crippen molar-refractivity contribution in [3.63, 3.8) is 0 Å². The molecule has 0 spiro atoms.